The number of carbonyl (C=O) groups is 1. The Kier molecular flexibility index (Phi) is 9.15. The largest absolute Gasteiger partial charge is 0.357 e. The summed E-state index contributed by atoms with van der Waals surface area (Å²) in [6, 6.07) is 7.47. The topological polar surface area (TPSA) is 95.7 Å². The SMILES string of the molecule is CCNC(=NCc1nc(-c2cccc(Cl)c2)no1)NC1CCN(C(=O)CC)C1.I. The molecule has 1 saturated heterocycles. The molecule has 1 amide bonds. The van der Waals surface area contributed by atoms with E-state index in [4.69, 9.17) is 16.1 Å². The van der Waals surface area contributed by atoms with E-state index in [1.165, 1.54) is 0 Å². The van der Waals surface area contributed by atoms with Crippen LogP contribution < -0.4 is 10.6 Å². The molecule has 1 aliphatic heterocycles. The van der Waals surface area contributed by atoms with E-state index in [9.17, 15) is 4.79 Å². The fraction of sp³-hybridized carbons (Fsp3) is 0.474. The van der Waals surface area contributed by atoms with E-state index in [1.54, 1.807) is 12.1 Å². The number of halogens is 2. The minimum absolute atomic E-state index is 0. The van der Waals surface area contributed by atoms with Crippen molar-refractivity contribution in [2.24, 2.45) is 4.99 Å². The Bertz CT molecular complexity index is 844. The number of amides is 1. The lowest BCUT2D eigenvalue weighted by Crippen LogP contribution is -2.45. The fourth-order valence-electron chi connectivity index (χ4n) is 3.05. The first-order valence-corrected chi connectivity index (χ1v) is 9.88. The number of hydrogen-bond acceptors (Lipinski definition) is 5. The molecule has 2 N–H and O–H groups in total. The molecule has 8 nitrogen and oxygen atoms in total. The van der Waals surface area contributed by atoms with Gasteiger partial charge in [0.25, 0.3) is 0 Å². The molecular weight excluding hydrogens is 507 g/mol. The molecule has 0 spiro atoms. The van der Waals surface area contributed by atoms with Crippen LogP contribution in [0.1, 0.15) is 32.6 Å². The molecule has 1 aromatic heterocycles. The number of hydrogen-bond donors (Lipinski definition) is 2. The van der Waals surface area contributed by atoms with E-state index in [-0.39, 0.29) is 42.5 Å². The molecule has 1 fully saturated rings. The van der Waals surface area contributed by atoms with Crippen molar-refractivity contribution < 1.29 is 9.32 Å². The number of aromatic nitrogens is 2. The Morgan fingerprint density at radius 2 is 2.24 bits per heavy atom. The van der Waals surface area contributed by atoms with E-state index in [1.807, 2.05) is 30.9 Å². The van der Waals surface area contributed by atoms with Gasteiger partial charge in [0.05, 0.1) is 0 Å². The number of likely N-dealkylation sites (tertiary alicyclic amines) is 1. The zero-order valence-corrected chi connectivity index (χ0v) is 19.6. The van der Waals surface area contributed by atoms with Gasteiger partial charge in [0, 0.05) is 42.7 Å². The second kappa shape index (κ2) is 11.3. The van der Waals surface area contributed by atoms with Gasteiger partial charge in [-0.1, -0.05) is 35.8 Å². The highest BCUT2D eigenvalue weighted by molar-refractivity contribution is 14.0. The molecule has 1 aromatic carbocycles. The van der Waals surface area contributed by atoms with Crippen LogP contribution in [0.25, 0.3) is 11.4 Å². The summed E-state index contributed by atoms with van der Waals surface area (Å²) in [5.41, 5.74) is 0.795. The quantitative estimate of drug-likeness (QED) is 0.337. The molecule has 1 atom stereocenters. The van der Waals surface area contributed by atoms with Crippen molar-refractivity contribution in [3.05, 3.63) is 35.2 Å². The fourth-order valence-corrected chi connectivity index (χ4v) is 3.24. The summed E-state index contributed by atoms with van der Waals surface area (Å²) >= 11 is 6.01. The molecule has 0 radical (unpaired) electrons. The van der Waals surface area contributed by atoms with Gasteiger partial charge in [0.1, 0.15) is 6.54 Å². The molecule has 10 heteroatoms. The molecule has 0 saturated carbocycles. The third-order valence-corrected chi connectivity index (χ3v) is 4.69. The molecule has 29 heavy (non-hydrogen) atoms. The molecule has 2 heterocycles. The molecular formula is C19H26ClIN6O2. The van der Waals surface area contributed by atoms with Crippen LogP contribution in [0.3, 0.4) is 0 Å². The van der Waals surface area contributed by atoms with Crippen LogP contribution in [0.15, 0.2) is 33.8 Å². The lowest BCUT2D eigenvalue weighted by molar-refractivity contribution is -0.129. The highest BCUT2D eigenvalue weighted by atomic mass is 127. The highest BCUT2D eigenvalue weighted by Crippen LogP contribution is 2.20. The molecule has 2 aromatic rings. The van der Waals surface area contributed by atoms with Crippen molar-refractivity contribution in [2.75, 3.05) is 19.6 Å². The van der Waals surface area contributed by atoms with Crippen molar-refractivity contribution in [1.82, 2.24) is 25.7 Å². The zero-order valence-electron chi connectivity index (χ0n) is 16.5. The minimum atomic E-state index is 0. The molecule has 1 aliphatic rings. The lowest BCUT2D eigenvalue weighted by Gasteiger charge is -2.18. The van der Waals surface area contributed by atoms with E-state index in [0.29, 0.717) is 35.7 Å². The first-order valence-electron chi connectivity index (χ1n) is 9.50. The number of benzene rings is 1. The molecule has 0 bridgehead atoms. The minimum Gasteiger partial charge on any atom is -0.357 e. The molecule has 1 unspecified atom stereocenters. The maximum atomic E-state index is 11.8. The van der Waals surface area contributed by atoms with Crippen molar-refractivity contribution in [2.45, 2.75) is 39.3 Å². The summed E-state index contributed by atoms with van der Waals surface area (Å²) in [7, 11) is 0. The number of aliphatic imine (C=N–C) groups is 1. The van der Waals surface area contributed by atoms with Gasteiger partial charge in [0.2, 0.25) is 17.6 Å². The first kappa shape index (κ1) is 23.4. The first-order chi connectivity index (χ1) is 13.6. The summed E-state index contributed by atoms with van der Waals surface area (Å²) in [5.74, 6) is 1.75. The standard InChI is InChI=1S/C19H25ClN6O2.HI/c1-3-17(27)26-9-8-15(12-26)23-19(21-4-2)22-11-16-24-18(25-28-16)13-6-5-7-14(20)10-13;/h5-7,10,15H,3-4,8-9,11-12H2,1-2H3,(H2,21,22,23);1H. The van der Waals surface area contributed by atoms with Crippen LogP contribution >= 0.6 is 35.6 Å². The highest BCUT2D eigenvalue weighted by Gasteiger charge is 2.25. The van der Waals surface area contributed by atoms with E-state index in [0.717, 1.165) is 25.1 Å². The second-order valence-corrected chi connectivity index (χ2v) is 6.98. The zero-order chi connectivity index (χ0) is 19.9. The summed E-state index contributed by atoms with van der Waals surface area (Å²) < 4.78 is 5.30. The third-order valence-electron chi connectivity index (χ3n) is 4.45. The maximum Gasteiger partial charge on any atom is 0.248 e. The number of rotatable bonds is 6. The average molecular weight is 533 g/mol. The van der Waals surface area contributed by atoms with Crippen molar-refractivity contribution in [3.8, 4) is 11.4 Å². The average Bonchev–Trinajstić information content (AvgIpc) is 3.35. The third kappa shape index (κ3) is 6.56. The van der Waals surface area contributed by atoms with Gasteiger partial charge in [-0.05, 0) is 25.5 Å². The Morgan fingerprint density at radius 1 is 1.41 bits per heavy atom. The van der Waals surface area contributed by atoms with Gasteiger partial charge in [0.15, 0.2) is 5.96 Å². The number of carbonyl (C=O) groups excluding carboxylic acids is 1. The number of nitrogens with one attached hydrogen (secondary N) is 2. The second-order valence-electron chi connectivity index (χ2n) is 6.54. The van der Waals surface area contributed by atoms with E-state index < -0.39 is 0 Å². The number of nitrogens with zero attached hydrogens (tertiary/aromatic N) is 4. The summed E-state index contributed by atoms with van der Waals surface area (Å²) in [6.45, 7) is 6.34. The van der Waals surface area contributed by atoms with Crippen molar-refractivity contribution in [3.63, 3.8) is 0 Å². The Balaban J connectivity index is 0.00000300. The van der Waals surface area contributed by atoms with Gasteiger partial charge in [-0.15, -0.1) is 24.0 Å². The van der Waals surface area contributed by atoms with Gasteiger partial charge in [-0.3, -0.25) is 4.79 Å². The number of guanidine groups is 1. The molecule has 158 valence electrons. The summed E-state index contributed by atoms with van der Waals surface area (Å²) in [5, 5.41) is 11.2. The van der Waals surface area contributed by atoms with Gasteiger partial charge in [-0.2, -0.15) is 4.98 Å². The predicted molar refractivity (Wildman–Crippen MR) is 123 cm³/mol. The van der Waals surface area contributed by atoms with Crippen LogP contribution in [0.2, 0.25) is 5.02 Å². The summed E-state index contributed by atoms with van der Waals surface area (Å²) in [6.07, 6.45) is 1.43. The lowest BCUT2D eigenvalue weighted by atomic mass is 10.2. The van der Waals surface area contributed by atoms with Crippen LogP contribution in [0.5, 0.6) is 0 Å². The van der Waals surface area contributed by atoms with Gasteiger partial charge < -0.3 is 20.1 Å². The van der Waals surface area contributed by atoms with Crippen LogP contribution in [0.4, 0.5) is 0 Å². The normalized spacial score (nSPS) is 16.4. The molecule has 0 aliphatic carbocycles. The van der Waals surface area contributed by atoms with Gasteiger partial charge >= 0.3 is 0 Å². The van der Waals surface area contributed by atoms with Gasteiger partial charge in [-0.25, -0.2) is 4.99 Å². The van der Waals surface area contributed by atoms with Crippen LogP contribution in [-0.2, 0) is 11.3 Å². The Morgan fingerprint density at radius 3 is 2.97 bits per heavy atom. The van der Waals surface area contributed by atoms with Crippen LogP contribution in [0, 0.1) is 0 Å². The van der Waals surface area contributed by atoms with Crippen molar-refractivity contribution >= 4 is 47.4 Å². The monoisotopic (exact) mass is 532 g/mol. The van der Waals surface area contributed by atoms with Crippen molar-refractivity contribution in [1.29, 1.82) is 0 Å². The molecule has 3 rings (SSSR count). The summed E-state index contributed by atoms with van der Waals surface area (Å²) in [4.78, 5) is 22.6. The smallest absolute Gasteiger partial charge is 0.248 e. The van der Waals surface area contributed by atoms with Crippen LogP contribution in [-0.4, -0.2) is 52.6 Å². The maximum absolute atomic E-state index is 11.8. The van der Waals surface area contributed by atoms with E-state index >= 15 is 0 Å². The van der Waals surface area contributed by atoms with E-state index in [2.05, 4.69) is 25.8 Å². The predicted octanol–water partition coefficient (Wildman–Crippen LogP) is 3.07. The Labute approximate surface area is 192 Å². The Hall–Kier alpha value is -1.88.